The van der Waals surface area contributed by atoms with E-state index in [1.807, 2.05) is 34.1 Å². The number of anilines is 5. The van der Waals surface area contributed by atoms with Crippen LogP contribution in [0.25, 0.3) is 11.4 Å². The van der Waals surface area contributed by atoms with Gasteiger partial charge in [-0.2, -0.15) is 15.0 Å². The van der Waals surface area contributed by atoms with Crippen LogP contribution in [0.5, 0.6) is 0 Å². The summed E-state index contributed by atoms with van der Waals surface area (Å²) in [6.45, 7) is 6.76. The molecule has 264 valence electrons. The lowest BCUT2D eigenvalue weighted by Crippen LogP contribution is -2.50. The van der Waals surface area contributed by atoms with Gasteiger partial charge in [0, 0.05) is 68.2 Å². The number of urea groups is 1. The van der Waals surface area contributed by atoms with Crippen molar-refractivity contribution in [3.8, 4) is 11.4 Å². The van der Waals surface area contributed by atoms with Crippen LogP contribution < -0.4 is 25.3 Å². The Bertz CT molecular complexity index is 1640. The van der Waals surface area contributed by atoms with E-state index < -0.39 is 24.4 Å². The molecule has 4 bridgehead atoms. The molecule has 6 fully saturated rings. The summed E-state index contributed by atoms with van der Waals surface area (Å²) in [4.78, 5) is 36.2. The van der Waals surface area contributed by atoms with E-state index in [2.05, 4.69) is 32.6 Å². The smallest absolute Gasteiger partial charge is 0.323 e. The van der Waals surface area contributed by atoms with Gasteiger partial charge in [0.15, 0.2) is 5.82 Å². The molecule has 9 rings (SSSR count). The van der Waals surface area contributed by atoms with Gasteiger partial charge in [0.1, 0.15) is 12.3 Å². The zero-order chi connectivity index (χ0) is 33.8. The van der Waals surface area contributed by atoms with Crippen LogP contribution >= 0.6 is 0 Å². The minimum atomic E-state index is -1.05. The van der Waals surface area contributed by atoms with E-state index >= 15 is 0 Å². The summed E-state index contributed by atoms with van der Waals surface area (Å²) in [5.74, 6) is 2.05. The molecule has 0 spiro atoms. The summed E-state index contributed by atoms with van der Waals surface area (Å²) >= 11 is 0. The fraction of sp³-hybridized carbons (Fsp3) is 0.556. The first kappa shape index (κ1) is 31.8. The highest BCUT2D eigenvalue weighted by molar-refractivity contribution is 6.00. The number of fused-ring (bicyclic) bond motifs is 4. The van der Waals surface area contributed by atoms with Crippen molar-refractivity contribution in [3.05, 3.63) is 48.5 Å². The Morgan fingerprint density at radius 3 is 1.78 bits per heavy atom. The number of piperazine rings is 1. The normalized spacial score (nSPS) is 29.4. The number of halogens is 2. The number of nitrogens with zero attached hydrogens (tertiary/aromatic N) is 7. The number of aromatic nitrogens is 3. The zero-order valence-electron chi connectivity index (χ0n) is 28.0. The van der Waals surface area contributed by atoms with E-state index in [0.29, 0.717) is 60.7 Å². The summed E-state index contributed by atoms with van der Waals surface area (Å²) < 4.78 is 41.3. The average molecular weight is 688 g/mol. The number of hydrogen-bond acceptors (Lipinski definition) is 10. The third-order valence-electron chi connectivity index (χ3n) is 11.1. The molecule has 0 radical (unpaired) electrons. The van der Waals surface area contributed by atoms with Crippen molar-refractivity contribution < 1.29 is 23.0 Å². The van der Waals surface area contributed by atoms with Gasteiger partial charge >= 0.3 is 6.03 Å². The Labute approximate surface area is 290 Å². The summed E-state index contributed by atoms with van der Waals surface area (Å²) in [7, 11) is 0. The maximum atomic E-state index is 15.0. The van der Waals surface area contributed by atoms with E-state index in [-0.39, 0.29) is 31.3 Å². The number of morpholine rings is 2. The first-order valence-electron chi connectivity index (χ1n) is 18.0. The molecule has 1 saturated carbocycles. The molecule has 1 aromatic heterocycles. The van der Waals surface area contributed by atoms with E-state index in [1.54, 1.807) is 12.1 Å². The van der Waals surface area contributed by atoms with Gasteiger partial charge in [-0.15, -0.1) is 0 Å². The van der Waals surface area contributed by atoms with Gasteiger partial charge < -0.3 is 34.8 Å². The number of alkyl halides is 2. The number of amides is 2. The fourth-order valence-corrected chi connectivity index (χ4v) is 8.21. The monoisotopic (exact) mass is 687 g/mol. The second kappa shape index (κ2) is 13.2. The molecule has 6 aliphatic rings. The molecule has 6 atom stereocenters. The van der Waals surface area contributed by atoms with E-state index in [0.717, 1.165) is 32.1 Å². The third kappa shape index (κ3) is 6.33. The Hall–Kier alpha value is -4.14. The average Bonchev–Trinajstić information content (AvgIpc) is 3.90. The molecule has 1 aliphatic carbocycles. The SMILES string of the molecule is O=C(Nc1ccc(-c2nc(N3[C@@H]4COC[C@H]3[C@@H](F)C4)nc(N3[C@@H]4COC[C@H]3[C@@H](F)C4)n2)cc1)Nc1ccc(N2CCN(CC3CC3)CC2)cc1. The lowest BCUT2D eigenvalue weighted by atomic mass is 10.2. The van der Waals surface area contributed by atoms with Crippen molar-refractivity contribution in [2.24, 2.45) is 5.92 Å². The maximum absolute atomic E-state index is 15.0. The van der Waals surface area contributed by atoms with Crippen LogP contribution in [0.15, 0.2) is 48.5 Å². The molecule has 2 N–H and O–H groups in total. The minimum Gasteiger partial charge on any atom is -0.377 e. The van der Waals surface area contributed by atoms with Gasteiger partial charge in [0.05, 0.1) is 50.6 Å². The highest BCUT2D eigenvalue weighted by Crippen LogP contribution is 2.39. The summed E-state index contributed by atoms with van der Waals surface area (Å²) in [5.41, 5.74) is 3.17. The van der Waals surface area contributed by atoms with Gasteiger partial charge in [-0.05, 0) is 67.3 Å². The number of rotatable bonds is 8. The summed E-state index contributed by atoms with van der Waals surface area (Å²) in [6, 6.07) is 13.5. The maximum Gasteiger partial charge on any atom is 0.323 e. The Morgan fingerprint density at radius 1 is 0.720 bits per heavy atom. The quantitative estimate of drug-likeness (QED) is 0.355. The van der Waals surface area contributed by atoms with Crippen molar-refractivity contribution in [2.45, 2.75) is 62.2 Å². The van der Waals surface area contributed by atoms with Gasteiger partial charge in [-0.25, -0.2) is 13.6 Å². The predicted octanol–water partition coefficient (Wildman–Crippen LogP) is 4.35. The molecule has 50 heavy (non-hydrogen) atoms. The van der Waals surface area contributed by atoms with Gasteiger partial charge in [-0.1, -0.05) is 0 Å². The van der Waals surface area contributed by atoms with Crippen molar-refractivity contribution >= 4 is 35.0 Å². The standard InChI is InChI=1S/C36H43F2N9O3/c37-29-15-27-18-49-20-31(29)46(27)34-41-33(42-35(43-34)47-28-16-30(38)32(47)21-50-19-28)23-3-5-24(6-4-23)39-36(48)40-25-7-9-26(10-8-25)45-13-11-44(12-14-45)17-22-1-2-22/h3-10,22,27-32H,1-2,11-21H2,(H2,39,40,48)/t27-,28-,29-,30-,31-,32-/m0/s1. The number of benzene rings is 2. The van der Waals surface area contributed by atoms with Crippen molar-refractivity contribution in [3.63, 3.8) is 0 Å². The molecule has 3 aromatic rings. The second-order valence-corrected chi connectivity index (χ2v) is 14.5. The van der Waals surface area contributed by atoms with Crippen molar-refractivity contribution in [1.29, 1.82) is 0 Å². The molecule has 5 saturated heterocycles. The highest BCUT2D eigenvalue weighted by Gasteiger charge is 2.49. The van der Waals surface area contributed by atoms with Crippen LogP contribution in [0.4, 0.5) is 42.5 Å². The second-order valence-electron chi connectivity index (χ2n) is 14.5. The number of ether oxygens (including phenoxy) is 2. The highest BCUT2D eigenvalue weighted by atomic mass is 19.1. The molecular weight excluding hydrogens is 644 g/mol. The number of hydrogen-bond donors (Lipinski definition) is 2. The van der Waals surface area contributed by atoms with E-state index in [9.17, 15) is 13.6 Å². The van der Waals surface area contributed by atoms with E-state index in [1.165, 1.54) is 25.1 Å². The molecular formula is C36H43F2N9O3. The molecule has 14 heteroatoms. The molecule has 5 aliphatic heterocycles. The molecule has 12 nitrogen and oxygen atoms in total. The lowest BCUT2D eigenvalue weighted by molar-refractivity contribution is 0.0810. The van der Waals surface area contributed by atoms with Gasteiger partial charge in [-0.3, -0.25) is 4.90 Å². The lowest BCUT2D eigenvalue weighted by Gasteiger charge is -2.37. The summed E-state index contributed by atoms with van der Waals surface area (Å²) in [6.07, 6.45) is 1.37. The van der Waals surface area contributed by atoms with Crippen molar-refractivity contribution in [2.75, 3.05) is 84.5 Å². The van der Waals surface area contributed by atoms with Gasteiger partial charge in [0.2, 0.25) is 11.9 Å². The molecule has 0 unspecified atom stereocenters. The number of carbonyl (C=O) groups is 1. The van der Waals surface area contributed by atoms with E-state index in [4.69, 9.17) is 24.4 Å². The molecule has 2 amide bonds. The topological polar surface area (TPSA) is 111 Å². The van der Waals surface area contributed by atoms with Gasteiger partial charge in [0.25, 0.3) is 0 Å². The first-order valence-corrected chi connectivity index (χ1v) is 18.0. The van der Waals surface area contributed by atoms with Crippen LogP contribution in [0, 0.1) is 5.92 Å². The number of nitrogens with one attached hydrogen (secondary N) is 2. The Balaban J connectivity index is 0.884. The van der Waals surface area contributed by atoms with Crippen LogP contribution in [0.1, 0.15) is 25.7 Å². The van der Waals surface area contributed by atoms with Crippen LogP contribution in [-0.4, -0.2) is 122 Å². The predicted molar refractivity (Wildman–Crippen MR) is 186 cm³/mol. The summed E-state index contributed by atoms with van der Waals surface area (Å²) in [5, 5.41) is 5.82. The largest absolute Gasteiger partial charge is 0.377 e. The molecule has 2 aromatic carbocycles. The Morgan fingerprint density at radius 2 is 1.26 bits per heavy atom. The Kier molecular flexibility index (Phi) is 8.40. The fourth-order valence-electron chi connectivity index (χ4n) is 8.21. The van der Waals surface area contributed by atoms with Crippen LogP contribution in [0.2, 0.25) is 0 Å². The minimum absolute atomic E-state index is 0.184. The zero-order valence-corrected chi connectivity index (χ0v) is 28.0. The van der Waals surface area contributed by atoms with Crippen LogP contribution in [-0.2, 0) is 9.47 Å². The first-order chi connectivity index (χ1) is 24.4. The molecule has 6 heterocycles. The number of carbonyl (C=O) groups excluding carboxylic acids is 1. The van der Waals surface area contributed by atoms with Crippen molar-refractivity contribution in [1.82, 2.24) is 19.9 Å². The van der Waals surface area contributed by atoms with Crippen LogP contribution in [0.3, 0.4) is 0 Å². The third-order valence-corrected chi connectivity index (χ3v) is 11.1.